The third kappa shape index (κ3) is 3.34. The van der Waals surface area contributed by atoms with Gasteiger partial charge in [0.15, 0.2) is 0 Å². The second-order valence-electron chi connectivity index (χ2n) is 6.65. The number of rotatable bonds is 6. The minimum atomic E-state index is -0.998. The highest BCUT2D eigenvalue weighted by Gasteiger charge is 2.18. The lowest BCUT2D eigenvalue weighted by Gasteiger charge is -2.14. The summed E-state index contributed by atoms with van der Waals surface area (Å²) in [6.07, 6.45) is 4.24. The number of pyridine rings is 1. The third-order valence-electron chi connectivity index (χ3n) is 4.87. The Morgan fingerprint density at radius 2 is 1.82 bits per heavy atom. The van der Waals surface area contributed by atoms with Crippen molar-refractivity contribution in [1.82, 2.24) is 9.55 Å². The van der Waals surface area contributed by atoms with E-state index >= 15 is 0 Å². The van der Waals surface area contributed by atoms with Gasteiger partial charge in [-0.15, -0.1) is 0 Å². The Morgan fingerprint density at radius 3 is 2.57 bits per heavy atom. The summed E-state index contributed by atoms with van der Waals surface area (Å²) in [5.41, 5.74) is 4.70. The number of anilines is 2. The van der Waals surface area contributed by atoms with E-state index in [4.69, 9.17) is 0 Å². The second-order valence-corrected chi connectivity index (χ2v) is 6.65. The number of aromatic carboxylic acids is 1. The Balaban J connectivity index is 1.81. The number of hydrogen-bond acceptors (Lipinski definition) is 3. The average molecular weight is 371 g/mol. The molecular formula is C23H21N3O2. The highest BCUT2D eigenvalue weighted by atomic mass is 16.4. The molecule has 0 atom stereocenters. The Morgan fingerprint density at radius 1 is 1.07 bits per heavy atom. The van der Waals surface area contributed by atoms with E-state index in [0.717, 1.165) is 34.3 Å². The molecule has 0 fully saturated rings. The van der Waals surface area contributed by atoms with Crippen LogP contribution in [-0.4, -0.2) is 20.6 Å². The van der Waals surface area contributed by atoms with E-state index in [1.807, 2.05) is 59.3 Å². The van der Waals surface area contributed by atoms with Gasteiger partial charge in [0.25, 0.3) is 0 Å². The van der Waals surface area contributed by atoms with Crippen LogP contribution in [0, 0.1) is 0 Å². The molecule has 0 saturated carbocycles. The minimum absolute atomic E-state index is 0.163. The molecule has 2 N–H and O–H groups in total. The molecule has 4 rings (SSSR count). The molecule has 0 aliphatic rings. The van der Waals surface area contributed by atoms with E-state index in [-0.39, 0.29) is 5.56 Å². The van der Waals surface area contributed by atoms with Crippen LogP contribution < -0.4 is 5.32 Å². The number of aromatic nitrogens is 2. The molecule has 5 heteroatoms. The first-order valence-corrected chi connectivity index (χ1v) is 9.27. The lowest BCUT2D eigenvalue weighted by molar-refractivity contribution is 0.0697. The van der Waals surface area contributed by atoms with E-state index in [2.05, 4.69) is 29.4 Å². The van der Waals surface area contributed by atoms with E-state index in [0.29, 0.717) is 12.2 Å². The summed E-state index contributed by atoms with van der Waals surface area (Å²) >= 11 is 0. The molecule has 2 aromatic carbocycles. The number of aryl methyl sites for hydroxylation is 1. The van der Waals surface area contributed by atoms with Crippen molar-refractivity contribution in [3.05, 3.63) is 89.7 Å². The van der Waals surface area contributed by atoms with Crippen molar-refractivity contribution in [3.63, 3.8) is 0 Å². The molecule has 4 aromatic rings. The zero-order valence-corrected chi connectivity index (χ0v) is 15.6. The van der Waals surface area contributed by atoms with Gasteiger partial charge in [0.2, 0.25) is 0 Å². The lowest BCUT2D eigenvalue weighted by Crippen LogP contribution is -2.07. The van der Waals surface area contributed by atoms with Gasteiger partial charge < -0.3 is 15.0 Å². The topological polar surface area (TPSA) is 67.2 Å². The van der Waals surface area contributed by atoms with Gasteiger partial charge in [-0.2, -0.15) is 0 Å². The summed E-state index contributed by atoms with van der Waals surface area (Å²) in [7, 11) is 0. The van der Waals surface area contributed by atoms with E-state index in [1.165, 1.54) is 6.20 Å². The largest absolute Gasteiger partial charge is 0.478 e. The first-order chi connectivity index (χ1) is 13.7. The molecule has 140 valence electrons. The van der Waals surface area contributed by atoms with Gasteiger partial charge in [-0.1, -0.05) is 55.5 Å². The molecule has 28 heavy (non-hydrogen) atoms. The number of para-hydroxylation sites is 1. The number of nitrogens with one attached hydrogen (secondary N) is 1. The van der Waals surface area contributed by atoms with E-state index in [1.54, 1.807) is 0 Å². The Labute approximate surface area is 163 Å². The quantitative estimate of drug-likeness (QED) is 0.495. The second kappa shape index (κ2) is 7.56. The predicted molar refractivity (Wildman–Crippen MR) is 111 cm³/mol. The average Bonchev–Trinajstić information content (AvgIpc) is 3.12. The number of hydrogen-bond donors (Lipinski definition) is 2. The molecule has 2 heterocycles. The lowest BCUT2D eigenvalue weighted by atomic mass is 10.1. The smallest absolute Gasteiger partial charge is 0.339 e. The fourth-order valence-electron chi connectivity index (χ4n) is 3.43. The normalized spacial score (nSPS) is 10.9. The van der Waals surface area contributed by atoms with Crippen LogP contribution in [0.3, 0.4) is 0 Å². The van der Waals surface area contributed by atoms with Crippen molar-refractivity contribution in [3.8, 4) is 0 Å². The van der Waals surface area contributed by atoms with Crippen molar-refractivity contribution in [1.29, 1.82) is 0 Å². The number of carboxylic acids is 1. The maximum absolute atomic E-state index is 11.8. The maximum Gasteiger partial charge on any atom is 0.339 e. The number of benzene rings is 2. The third-order valence-corrected chi connectivity index (χ3v) is 4.87. The van der Waals surface area contributed by atoms with Crippen LogP contribution in [0.25, 0.3) is 11.0 Å². The van der Waals surface area contributed by atoms with Crippen LogP contribution in [-0.2, 0) is 13.0 Å². The summed E-state index contributed by atoms with van der Waals surface area (Å²) in [5, 5.41) is 13.8. The van der Waals surface area contributed by atoms with Crippen LogP contribution in [0.2, 0.25) is 0 Å². The summed E-state index contributed by atoms with van der Waals surface area (Å²) in [6, 6.07) is 20.0. The number of carboxylic acid groups (broad SMARTS) is 1. The van der Waals surface area contributed by atoms with Gasteiger partial charge in [0.05, 0.1) is 5.69 Å². The number of fused-ring (bicyclic) bond motifs is 1. The van der Waals surface area contributed by atoms with Crippen molar-refractivity contribution in [2.75, 3.05) is 5.32 Å². The molecule has 0 aliphatic carbocycles. The molecule has 0 amide bonds. The van der Waals surface area contributed by atoms with E-state index in [9.17, 15) is 9.90 Å². The van der Waals surface area contributed by atoms with Crippen molar-refractivity contribution in [2.45, 2.75) is 19.9 Å². The van der Waals surface area contributed by atoms with Gasteiger partial charge in [-0.3, -0.25) is 0 Å². The Bertz CT molecular complexity index is 1130. The van der Waals surface area contributed by atoms with Gasteiger partial charge >= 0.3 is 5.97 Å². The Kier molecular flexibility index (Phi) is 4.81. The molecule has 0 radical (unpaired) electrons. The van der Waals surface area contributed by atoms with Crippen LogP contribution in [0.4, 0.5) is 11.4 Å². The molecule has 0 unspecified atom stereocenters. The molecule has 0 spiro atoms. The van der Waals surface area contributed by atoms with Crippen LogP contribution in [0.15, 0.2) is 73.1 Å². The number of carbonyl (C=O) groups is 1. The molecule has 5 nitrogen and oxygen atoms in total. The molecular weight excluding hydrogens is 350 g/mol. The fourth-order valence-corrected chi connectivity index (χ4v) is 3.43. The zero-order valence-electron chi connectivity index (χ0n) is 15.6. The zero-order chi connectivity index (χ0) is 19.5. The highest BCUT2D eigenvalue weighted by Crippen LogP contribution is 2.31. The Hall–Kier alpha value is -3.60. The van der Waals surface area contributed by atoms with Crippen LogP contribution >= 0.6 is 0 Å². The summed E-state index contributed by atoms with van der Waals surface area (Å²) in [6.45, 7) is 2.76. The van der Waals surface area contributed by atoms with Crippen molar-refractivity contribution in [2.24, 2.45) is 0 Å². The fraction of sp³-hybridized carbons (Fsp3) is 0.130. The SMILES string of the molecule is CCc1ccccc1Nc1c(C(=O)O)cnc2c1ccn2Cc1ccccc1. The van der Waals surface area contributed by atoms with Crippen LogP contribution in [0.5, 0.6) is 0 Å². The monoisotopic (exact) mass is 371 g/mol. The molecule has 0 saturated heterocycles. The summed E-state index contributed by atoms with van der Waals surface area (Å²) in [4.78, 5) is 16.3. The van der Waals surface area contributed by atoms with Gasteiger partial charge in [-0.05, 0) is 29.7 Å². The molecule has 2 aromatic heterocycles. The summed E-state index contributed by atoms with van der Waals surface area (Å²) in [5.74, 6) is -0.998. The minimum Gasteiger partial charge on any atom is -0.478 e. The maximum atomic E-state index is 11.8. The molecule has 0 bridgehead atoms. The first kappa shape index (κ1) is 17.8. The van der Waals surface area contributed by atoms with Crippen molar-refractivity contribution >= 4 is 28.4 Å². The van der Waals surface area contributed by atoms with Crippen LogP contribution in [0.1, 0.15) is 28.4 Å². The first-order valence-electron chi connectivity index (χ1n) is 9.27. The van der Waals surface area contributed by atoms with Gasteiger partial charge in [0, 0.05) is 30.0 Å². The number of nitrogens with zero attached hydrogens (tertiary/aromatic N) is 2. The molecule has 0 aliphatic heterocycles. The summed E-state index contributed by atoms with van der Waals surface area (Å²) < 4.78 is 2.03. The van der Waals surface area contributed by atoms with Gasteiger partial charge in [0.1, 0.15) is 11.2 Å². The van der Waals surface area contributed by atoms with Gasteiger partial charge in [-0.25, -0.2) is 9.78 Å². The van der Waals surface area contributed by atoms with E-state index < -0.39 is 5.97 Å². The standard InChI is InChI=1S/C23H21N3O2/c1-2-17-10-6-7-11-20(17)25-21-18-12-13-26(15-16-8-4-3-5-9-16)22(18)24-14-19(21)23(27)28/h3-14H,2,15H2,1H3,(H,24,25)(H,27,28). The predicted octanol–water partition coefficient (Wildman–Crippen LogP) is 5.09. The highest BCUT2D eigenvalue weighted by molar-refractivity contribution is 6.05. The van der Waals surface area contributed by atoms with Crippen molar-refractivity contribution < 1.29 is 9.90 Å².